The molecule has 0 aliphatic rings. The number of aromatic nitrogens is 1. The first-order valence-corrected chi connectivity index (χ1v) is 8.78. The molecule has 23 heavy (non-hydrogen) atoms. The maximum absolute atomic E-state index is 12.5. The molecule has 0 amide bonds. The number of hydrogen-bond acceptors (Lipinski definition) is 4. The van der Waals surface area contributed by atoms with Crippen LogP contribution in [0, 0.1) is 6.92 Å². The van der Waals surface area contributed by atoms with Gasteiger partial charge in [0.05, 0.1) is 5.52 Å². The molecule has 0 saturated heterocycles. The van der Waals surface area contributed by atoms with Gasteiger partial charge in [0.2, 0.25) is 0 Å². The van der Waals surface area contributed by atoms with Gasteiger partial charge < -0.3 is 4.18 Å². The first kappa shape index (κ1) is 16.1. The highest BCUT2D eigenvalue weighted by atomic mass is 35.5. The minimum absolute atomic E-state index is 0.0337. The van der Waals surface area contributed by atoms with Crippen molar-refractivity contribution in [2.24, 2.45) is 0 Å². The van der Waals surface area contributed by atoms with Crippen LogP contribution in [0.3, 0.4) is 0 Å². The second-order valence-electron chi connectivity index (χ2n) is 4.92. The van der Waals surface area contributed by atoms with Gasteiger partial charge in [0.1, 0.15) is 4.90 Å². The summed E-state index contributed by atoms with van der Waals surface area (Å²) in [7, 11) is -3.99. The highest BCUT2D eigenvalue weighted by Gasteiger charge is 2.19. The maximum Gasteiger partial charge on any atom is 0.339 e. The standard InChI is InChI=1S/C16H11Cl2NO3S/c1-10-8-12(3-4-14(10)18)23(20,21)22-16-6-7-19-15-5-2-11(17)9-13(15)16/h2-9H,1H3. The van der Waals surface area contributed by atoms with Gasteiger partial charge in [-0.3, -0.25) is 4.98 Å². The van der Waals surface area contributed by atoms with Gasteiger partial charge >= 0.3 is 10.1 Å². The third-order valence-electron chi connectivity index (χ3n) is 3.28. The minimum atomic E-state index is -3.99. The van der Waals surface area contributed by atoms with Crippen molar-refractivity contribution in [1.82, 2.24) is 4.98 Å². The van der Waals surface area contributed by atoms with E-state index in [4.69, 9.17) is 27.4 Å². The first-order chi connectivity index (χ1) is 10.9. The largest absolute Gasteiger partial charge is 0.378 e. The molecule has 0 aliphatic heterocycles. The lowest BCUT2D eigenvalue weighted by Gasteiger charge is -2.10. The van der Waals surface area contributed by atoms with Crippen LogP contribution in [-0.4, -0.2) is 13.4 Å². The molecule has 0 atom stereocenters. The van der Waals surface area contributed by atoms with E-state index >= 15 is 0 Å². The van der Waals surface area contributed by atoms with E-state index < -0.39 is 10.1 Å². The Morgan fingerprint density at radius 3 is 2.57 bits per heavy atom. The molecule has 3 aromatic rings. The average molecular weight is 368 g/mol. The topological polar surface area (TPSA) is 56.3 Å². The SMILES string of the molecule is Cc1cc(S(=O)(=O)Oc2ccnc3ccc(Cl)cc23)ccc1Cl. The summed E-state index contributed by atoms with van der Waals surface area (Å²) in [6.07, 6.45) is 1.48. The second kappa shape index (κ2) is 6.00. The molecule has 0 N–H and O–H groups in total. The number of pyridine rings is 1. The zero-order chi connectivity index (χ0) is 16.6. The molecule has 0 unspecified atom stereocenters. The molecule has 7 heteroatoms. The van der Waals surface area contributed by atoms with Gasteiger partial charge in [-0.25, -0.2) is 0 Å². The fourth-order valence-electron chi connectivity index (χ4n) is 2.10. The number of aryl methyl sites for hydroxylation is 1. The van der Waals surface area contributed by atoms with Crippen molar-refractivity contribution in [2.75, 3.05) is 0 Å². The van der Waals surface area contributed by atoms with Crippen molar-refractivity contribution in [1.29, 1.82) is 0 Å². The summed E-state index contributed by atoms with van der Waals surface area (Å²) in [5, 5.41) is 1.48. The lowest BCUT2D eigenvalue weighted by Crippen LogP contribution is -2.10. The molecule has 0 fully saturated rings. The Morgan fingerprint density at radius 1 is 1.04 bits per heavy atom. The molecule has 0 spiro atoms. The molecular weight excluding hydrogens is 357 g/mol. The second-order valence-corrected chi connectivity index (χ2v) is 7.31. The zero-order valence-electron chi connectivity index (χ0n) is 12.0. The van der Waals surface area contributed by atoms with E-state index in [9.17, 15) is 8.42 Å². The van der Waals surface area contributed by atoms with Crippen LogP contribution in [0.4, 0.5) is 0 Å². The van der Waals surface area contributed by atoms with Gasteiger partial charge in [0.15, 0.2) is 5.75 Å². The molecule has 0 saturated carbocycles. The molecule has 1 aromatic heterocycles. The van der Waals surface area contributed by atoms with E-state index in [2.05, 4.69) is 4.98 Å². The Labute approximate surface area is 143 Å². The summed E-state index contributed by atoms with van der Waals surface area (Å²) in [6.45, 7) is 1.73. The normalized spacial score (nSPS) is 11.6. The van der Waals surface area contributed by atoms with Crippen LogP contribution in [0.15, 0.2) is 53.6 Å². The van der Waals surface area contributed by atoms with Gasteiger partial charge in [0.25, 0.3) is 0 Å². The summed E-state index contributed by atoms with van der Waals surface area (Å²) in [5.74, 6) is 0.171. The number of fused-ring (bicyclic) bond motifs is 1. The van der Waals surface area contributed by atoms with Crippen LogP contribution in [0.1, 0.15) is 5.56 Å². The Morgan fingerprint density at radius 2 is 1.83 bits per heavy atom. The third-order valence-corrected chi connectivity index (χ3v) is 5.17. The average Bonchev–Trinajstić information content (AvgIpc) is 2.50. The van der Waals surface area contributed by atoms with Crippen molar-refractivity contribution in [2.45, 2.75) is 11.8 Å². The number of rotatable bonds is 3. The number of nitrogens with zero attached hydrogens (tertiary/aromatic N) is 1. The fourth-order valence-corrected chi connectivity index (χ4v) is 3.43. The van der Waals surface area contributed by atoms with Crippen LogP contribution < -0.4 is 4.18 Å². The Balaban J connectivity index is 2.07. The van der Waals surface area contributed by atoms with E-state index in [-0.39, 0.29) is 10.6 Å². The van der Waals surface area contributed by atoms with Gasteiger partial charge in [-0.15, -0.1) is 0 Å². The first-order valence-electron chi connectivity index (χ1n) is 6.62. The summed E-state index contributed by atoms with van der Waals surface area (Å²) < 4.78 is 30.2. The molecule has 1 heterocycles. The molecule has 4 nitrogen and oxygen atoms in total. The highest BCUT2D eigenvalue weighted by Crippen LogP contribution is 2.29. The Hall–Kier alpha value is -1.82. The van der Waals surface area contributed by atoms with Gasteiger partial charge in [-0.05, 0) is 48.9 Å². The van der Waals surface area contributed by atoms with E-state index in [0.717, 1.165) is 0 Å². The minimum Gasteiger partial charge on any atom is -0.378 e. The molecule has 0 aliphatic carbocycles. The van der Waals surface area contributed by atoms with Crippen molar-refractivity contribution >= 4 is 44.2 Å². The fraction of sp³-hybridized carbons (Fsp3) is 0.0625. The summed E-state index contributed by atoms with van der Waals surface area (Å²) in [5.41, 5.74) is 1.24. The smallest absolute Gasteiger partial charge is 0.339 e. The molecule has 0 bridgehead atoms. The molecule has 0 radical (unpaired) electrons. The van der Waals surface area contributed by atoms with Gasteiger partial charge in [-0.2, -0.15) is 8.42 Å². The van der Waals surface area contributed by atoms with Crippen LogP contribution in [0.25, 0.3) is 10.9 Å². The molecule has 3 rings (SSSR count). The zero-order valence-corrected chi connectivity index (χ0v) is 14.3. The Kier molecular flexibility index (Phi) is 4.19. The predicted molar refractivity (Wildman–Crippen MR) is 90.8 cm³/mol. The maximum atomic E-state index is 12.5. The number of hydrogen-bond donors (Lipinski definition) is 0. The van der Waals surface area contributed by atoms with E-state index in [1.165, 1.54) is 30.5 Å². The number of benzene rings is 2. The van der Waals surface area contributed by atoms with E-state index in [1.807, 2.05) is 0 Å². The van der Waals surface area contributed by atoms with Crippen molar-refractivity contribution in [3.63, 3.8) is 0 Å². The predicted octanol–water partition coefficient (Wildman–Crippen LogP) is 4.62. The summed E-state index contributed by atoms with van der Waals surface area (Å²) in [4.78, 5) is 4.19. The third kappa shape index (κ3) is 3.27. The van der Waals surface area contributed by atoms with Crippen LogP contribution in [0.5, 0.6) is 5.75 Å². The van der Waals surface area contributed by atoms with Crippen LogP contribution in [-0.2, 0) is 10.1 Å². The van der Waals surface area contributed by atoms with Crippen LogP contribution in [0.2, 0.25) is 10.0 Å². The molecule has 118 valence electrons. The van der Waals surface area contributed by atoms with Crippen LogP contribution >= 0.6 is 23.2 Å². The van der Waals surface area contributed by atoms with Gasteiger partial charge in [-0.1, -0.05) is 23.2 Å². The quantitative estimate of drug-likeness (QED) is 0.633. The summed E-state index contributed by atoms with van der Waals surface area (Å²) in [6, 6.07) is 10.9. The number of halogens is 2. The van der Waals surface area contributed by atoms with Gasteiger partial charge in [0, 0.05) is 27.7 Å². The monoisotopic (exact) mass is 367 g/mol. The molecular formula is C16H11Cl2NO3S. The lowest BCUT2D eigenvalue weighted by atomic mass is 10.2. The molecule has 2 aromatic carbocycles. The van der Waals surface area contributed by atoms with E-state index in [1.54, 1.807) is 25.1 Å². The van der Waals surface area contributed by atoms with E-state index in [0.29, 0.717) is 26.5 Å². The summed E-state index contributed by atoms with van der Waals surface area (Å²) >= 11 is 11.9. The Bertz CT molecular complexity index is 1000. The highest BCUT2D eigenvalue weighted by molar-refractivity contribution is 7.87. The van der Waals surface area contributed by atoms with Crippen molar-refractivity contribution in [3.8, 4) is 5.75 Å². The van der Waals surface area contributed by atoms with Crippen molar-refractivity contribution in [3.05, 3.63) is 64.3 Å². The van der Waals surface area contributed by atoms with Crippen molar-refractivity contribution < 1.29 is 12.6 Å². The lowest BCUT2D eigenvalue weighted by molar-refractivity contribution is 0.488.